The zero-order valence-electron chi connectivity index (χ0n) is 18.6. The Kier molecular flexibility index (Phi) is 6.05. The van der Waals surface area contributed by atoms with Crippen molar-refractivity contribution in [1.29, 1.82) is 0 Å². The van der Waals surface area contributed by atoms with E-state index in [4.69, 9.17) is 9.26 Å². The molecule has 8 nitrogen and oxygen atoms in total. The van der Waals surface area contributed by atoms with Gasteiger partial charge in [-0.15, -0.1) is 0 Å². The topological polar surface area (TPSA) is 98.4 Å². The van der Waals surface area contributed by atoms with E-state index in [1.807, 2.05) is 30.3 Å². The lowest BCUT2D eigenvalue weighted by atomic mass is 9.90. The lowest BCUT2D eigenvalue weighted by Crippen LogP contribution is -2.35. The highest BCUT2D eigenvalue weighted by Crippen LogP contribution is 2.49. The van der Waals surface area contributed by atoms with E-state index in [9.17, 15) is 8.42 Å². The number of anilines is 1. The lowest BCUT2D eigenvalue weighted by molar-refractivity contribution is 0.275. The van der Waals surface area contributed by atoms with Crippen LogP contribution in [0.1, 0.15) is 25.7 Å². The van der Waals surface area contributed by atoms with Gasteiger partial charge in [-0.2, -0.15) is 4.98 Å². The first kappa shape index (κ1) is 21.9. The second-order valence-electron chi connectivity index (χ2n) is 8.99. The molecule has 1 saturated carbocycles. The third-order valence-corrected chi connectivity index (χ3v) is 7.82. The molecule has 9 heteroatoms. The SMILES string of the molecule is CS(=O)(=O)c1ccc(OCC[C@@H]2C[C@@H]2C2CCN(c3noc(-c4ccccc4)n3)CC2)nc1. The summed E-state index contributed by atoms with van der Waals surface area (Å²) in [5, 5.41) is 4.19. The molecule has 1 aliphatic carbocycles. The molecule has 2 aromatic heterocycles. The number of pyridine rings is 1. The Morgan fingerprint density at radius 1 is 1.12 bits per heavy atom. The average molecular weight is 469 g/mol. The molecule has 0 spiro atoms. The first-order valence-electron chi connectivity index (χ1n) is 11.4. The second-order valence-corrected chi connectivity index (χ2v) is 11.0. The van der Waals surface area contributed by atoms with E-state index in [2.05, 4.69) is 20.0 Å². The predicted octanol–water partition coefficient (Wildman–Crippen LogP) is 3.86. The number of hydrogen-bond donors (Lipinski definition) is 0. The molecule has 3 aromatic rings. The van der Waals surface area contributed by atoms with Gasteiger partial charge in [0.05, 0.1) is 11.5 Å². The minimum Gasteiger partial charge on any atom is -0.478 e. The lowest BCUT2D eigenvalue weighted by Gasteiger charge is -2.31. The van der Waals surface area contributed by atoms with Crippen LogP contribution < -0.4 is 9.64 Å². The summed E-state index contributed by atoms with van der Waals surface area (Å²) in [5.41, 5.74) is 0.940. The van der Waals surface area contributed by atoms with Crippen LogP contribution in [-0.2, 0) is 9.84 Å². The summed E-state index contributed by atoms with van der Waals surface area (Å²) in [6, 6.07) is 13.0. The van der Waals surface area contributed by atoms with Crippen molar-refractivity contribution in [2.24, 2.45) is 17.8 Å². The fourth-order valence-electron chi connectivity index (χ4n) is 4.74. The van der Waals surface area contributed by atoms with Crippen LogP contribution in [0.5, 0.6) is 5.88 Å². The van der Waals surface area contributed by atoms with Crippen LogP contribution in [0, 0.1) is 17.8 Å². The van der Waals surface area contributed by atoms with Gasteiger partial charge in [-0.3, -0.25) is 0 Å². The zero-order chi connectivity index (χ0) is 22.8. The Bertz CT molecular complexity index is 1170. The third-order valence-electron chi connectivity index (χ3n) is 6.72. The van der Waals surface area contributed by atoms with E-state index >= 15 is 0 Å². The van der Waals surface area contributed by atoms with Gasteiger partial charge >= 0.3 is 0 Å². The third kappa shape index (κ3) is 5.19. The van der Waals surface area contributed by atoms with Gasteiger partial charge in [0.1, 0.15) is 0 Å². The van der Waals surface area contributed by atoms with Gasteiger partial charge < -0.3 is 14.2 Å². The van der Waals surface area contributed by atoms with Crippen molar-refractivity contribution in [3.63, 3.8) is 0 Å². The second kappa shape index (κ2) is 9.13. The van der Waals surface area contributed by atoms with Gasteiger partial charge in [-0.05, 0) is 66.8 Å². The Morgan fingerprint density at radius 3 is 2.61 bits per heavy atom. The maximum absolute atomic E-state index is 11.5. The van der Waals surface area contributed by atoms with Crippen molar-refractivity contribution in [2.75, 3.05) is 30.9 Å². The van der Waals surface area contributed by atoms with E-state index in [0.717, 1.165) is 49.8 Å². The van der Waals surface area contributed by atoms with Crippen molar-refractivity contribution in [3.05, 3.63) is 48.7 Å². The highest BCUT2D eigenvalue weighted by Gasteiger charge is 2.43. The van der Waals surface area contributed by atoms with Crippen molar-refractivity contribution < 1.29 is 17.7 Å². The van der Waals surface area contributed by atoms with E-state index in [1.54, 1.807) is 6.07 Å². The maximum Gasteiger partial charge on any atom is 0.266 e. The Labute approximate surface area is 193 Å². The summed E-state index contributed by atoms with van der Waals surface area (Å²) < 4.78 is 34.2. The molecular formula is C24H28N4O4S. The average Bonchev–Trinajstić information content (AvgIpc) is 3.43. The van der Waals surface area contributed by atoms with E-state index in [-0.39, 0.29) is 4.90 Å². The Morgan fingerprint density at radius 2 is 1.91 bits per heavy atom. The number of rotatable bonds is 8. The molecule has 1 aromatic carbocycles. The van der Waals surface area contributed by atoms with E-state index in [0.29, 0.717) is 30.2 Å². The van der Waals surface area contributed by atoms with Gasteiger partial charge in [-0.1, -0.05) is 18.2 Å². The number of ether oxygens (including phenoxy) is 1. The van der Waals surface area contributed by atoms with Crippen molar-refractivity contribution in [1.82, 2.24) is 15.1 Å². The minimum atomic E-state index is -3.23. The first-order chi connectivity index (χ1) is 16.0. The molecule has 3 heterocycles. The van der Waals surface area contributed by atoms with Gasteiger partial charge in [0.15, 0.2) is 9.84 Å². The van der Waals surface area contributed by atoms with Crippen LogP contribution in [0.15, 0.2) is 58.1 Å². The zero-order valence-corrected chi connectivity index (χ0v) is 19.4. The quantitative estimate of drug-likeness (QED) is 0.492. The smallest absolute Gasteiger partial charge is 0.266 e. The fraction of sp³-hybridized carbons (Fsp3) is 0.458. The number of nitrogens with zero attached hydrogens (tertiary/aromatic N) is 4. The number of sulfone groups is 1. The van der Waals surface area contributed by atoms with Crippen molar-refractivity contribution in [3.8, 4) is 17.3 Å². The molecule has 2 aliphatic rings. The monoisotopic (exact) mass is 468 g/mol. The molecule has 0 radical (unpaired) electrons. The molecule has 1 aliphatic heterocycles. The minimum absolute atomic E-state index is 0.209. The molecule has 5 rings (SSSR count). The van der Waals surface area contributed by atoms with Crippen LogP contribution in [0.25, 0.3) is 11.5 Å². The van der Waals surface area contributed by atoms with Crippen LogP contribution in [0.3, 0.4) is 0 Å². The highest BCUT2D eigenvalue weighted by atomic mass is 32.2. The molecule has 174 valence electrons. The predicted molar refractivity (Wildman–Crippen MR) is 124 cm³/mol. The normalized spacial score (nSPS) is 21.2. The molecule has 2 atom stereocenters. The van der Waals surface area contributed by atoms with Crippen LogP contribution in [-0.4, -0.2) is 49.5 Å². The van der Waals surface area contributed by atoms with Gasteiger partial charge in [0, 0.05) is 37.2 Å². The summed E-state index contributed by atoms with van der Waals surface area (Å²) in [6.07, 6.45) is 7.08. The number of hydrogen-bond acceptors (Lipinski definition) is 8. The largest absolute Gasteiger partial charge is 0.478 e. The summed E-state index contributed by atoms with van der Waals surface area (Å²) in [7, 11) is -3.23. The molecule has 0 bridgehead atoms. The highest BCUT2D eigenvalue weighted by molar-refractivity contribution is 7.90. The molecule has 33 heavy (non-hydrogen) atoms. The first-order valence-corrected chi connectivity index (χ1v) is 13.3. The van der Waals surface area contributed by atoms with Gasteiger partial charge in [0.2, 0.25) is 5.88 Å². The van der Waals surface area contributed by atoms with Gasteiger partial charge in [0.25, 0.3) is 11.8 Å². The summed E-state index contributed by atoms with van der Waals surface area (Å²) in [4.78, 5) is 11.1. The molecular weight excluding hydrogens is 440 g/mol. The Hall–Kier alpha value is -2.94. The fourth-order valence-corrected chi connectivity index (χ4v) is 5.30. The summed E-state index contributed by atoms with van der Waals surface area (Å²) >= 11 is 0. The molecule has 1 saturated heterocycles. The van der Waals surface area contributed by atoms with Crippen LogP contribution in [0.2, 0.25) is 0 Å². The molecule has 0 amide bonds. The summed E-state index contributed by atoms with van der Waals surface area (Å²) in [6.45, 7) is 2.51. The molecule has 2 fully saturated rings. The van der Waals surface area contributed by atoms with E-state index in [1.165, 1.54) is 24.9 Å². The van der Waals surface area contributed by atoms with Crippen molar-refractivity contribution in [2.45, 2.75) is 30.6 Å². The standard InChI is InChI=1S/C24H28N4O4S/c1-33(29,30)20-7-8-22(25-16-20)31-14-11-19-15-21(19)17-9-12-28(13-10-17)24-26-23(32-27-24)18-5-3-2-4-6-18/h2-8,16-17,19,21H,9-15H2,1H3/t19-,21-/m1/s1. The van der Waals surface area contributed by atoms with Crippen LogP contribution in [0.4, 0.5) is 5.95 Å². The van der Waals surface area contributed by atoms with Crippen molar-refractivity contribution >= 4 is 15.8 Å². The maximum atomic E-state index is 11.5. The Balaban J connectivity index is 1.05. The van der Waals surface area contributed by atoms with Crippen LogP contribution >= 0.6 is 0 Å². The molecule has 0 N–H and O–H groups in total. The number of piperidine rings is 1. The summed E-state index contributed by atoms with van der Waals surface area (Å²) in [5.74, 6) is 3.92. The van der Waals surface area contributed by atoms with Gasteiger partial charge in [-0.25, -0.2) is 13.4 Å². The number of benzene rings is 1. The van der Waals surface area contributed by atoms with E-state index < -0.39 is 9.84 Å². The molecule has 0 unspecified atom stereocenters. The number of aromatic nitrogens is 3.